The van der Waals surface area contributed by atoms with Crippen molar-refractivity contribution >= 4 is 15.7 Å². The second-order valence-electron chi connectivity index (χ2n) is 5.51. The molecule has 0 radical (unpaired) electrons. The van der Waals surface area contributed by atoms with E-state index < -0.39 is 21.9 Å². The summed E-state index contributed by atoms with van der Waals surface area (Å²) in [5.74, 6) is 0. The predicted octanol–water partition coefficient (Wildman–Crippen LogP) is 3.54. The Morgan fingerprint density at radius 3 is 2.04 bits per heavy atom. The molecule has 0 aliphatic carbocycles. The maximum Gasteiger partial charge on any atom is 0.437 e. The Bertz CT molecular complexity index is 1030. The molecular formula is C17H15F3N4O2S. The largest absolute Gasteiger partial charge is 0.437 e. The van der Waals surface area contributed by atoms with Crippen molar-refractivity contribution in [2.24, 2.45) is 0 Å². The number of rotatable bonds is 5. The second kappa shape index (κ2) is 6.95. The van der Waals surface area contributed by atoms with Gasteiger partial charge in [0.05, 0.1) is 10.6 Å². The van der Waals surface area contributed by atoms with Crippen LogP contribution in [0.25, 0.3) is 11.3 Å². The Balaban J connectivity index is 2.19. The molecule has 2 aromatic carbocycles. The molecule has 0 saturated carbocycles. The maximum absolute atomic E-state index is 13.4. The number of nitrogens with one attached hydrogen (secondary N) is 2. The SMILES string of the molecule is CNc1c(C(F)(F)F)nn(NS(=O)(=O)c2ccccc2)c1-c1ccccc1. The lowest BCUT2D eigenvalue weighted by Crippen LogP contribution is -2.25. The molecular weight excluding hydrogens is 381 g/mol. The van der Waals surface area contributed by atoms with E-state index in [1.165, 1.54) is 31.3 Å². The molecule has 6 nitrogen and oxygen atoms in total. The average Bonchev–Trinajstić information content (AvgIpc) is 3.01. The van der Waals surface area contributed by atoms with Crippen molar-refractivity contribution in [3.05, 3.63) is 66.4 Å². The zero-order valence-corrected chi connectivity index (χ0v) is 14.8. The fraction of sp³-hybridized carbons (Fsp3) is 0.118. The molecule has 1 heterocycles. The first kappa shape index (κ1) is 18.8. The highest BCUT2D eigenvalue weighted by molar-refractivity contribution is 7.92. The van der Waals surface area contributed by atoms with Gasteiger partial charge in [-0.3, -0.25) is 0 Å². The number of nitrogens with zero attached hydrogens (tertiary/aromatic N) is 2. The van der Waals surface area contributed by atoms with Crippen molar-refractivity contribution in [2.75, 3.05) is 17.2 Å². The van der Waals surface area contributed by atoms with E-state index in [2.05, 4.69) is 15.2 Å². The third kappa shape index (κ3) is 3.75. The van der Waals surface area contributed by atoms with Crippen LogP contribution in [0.5, 0.6) is 0 Å². The number of sulfonamides is 1. The zero-order valence-electron chi connectivity index (χ0n) is 14.0. The first-order valence-corrected chi connectivity index (χ1v) is 9.23. The fourth-order valence-corrected chi connectivity index (χ4v) is 3.53. The van der Waals surface area contributed by atoms with E-state index in [1.54, 1.807) is 36.4 Å². The summed E-state index contributed by atoms with van der Waals surface area (Å²) in [4.78, 5) is 2.64. The molecule has 0 aliphatic rings. The number of hydrogen-bond acceptors (Lipinski definition) is 4. The molecule has 1 aromatic heterocycles. The number of aromatic nitrogens is 2. The van der Waals surface area contributed by atoms with Crippen molar-refractivity contribution < 1.29 is 21.6 Å². The van der Waals surface area contributed by atoms with Gasteiger partial charge in [0.2, 0.25) is 0 Å². The summed E-state index contributed by atoms with van der Waals surface area (Å²) in [6, 6.07) is 15.4. The number of benzene rings is 2. The third-order valence-electron chi connectivity index (χ3n) is 3.71. The Hall–Kier alpha value is -3.01. The van der Waals surface area contributed by atoms with E-state index in [1.807, 2.05) is 0 Å². The van der Waals surface area contributed by atoms with Crippen LogP contribution in [0.4, 0.5) is 18.9 Å². The molecule has 0 spiro atoms. The Labute approximate surface area is 153 Å². The van der Waals surface area contributed by atoms with Crippen LogP contribution in [0, 0.1) is 0 Å². The number of alkyl halides is 3. The van der Waals surface area contributed by atoms with E-state index in [0.29, 0.717) is 10.4 Å². The lowest BCUT2D eigenvalue weighted by atomic mass is 10.1. The topological polar surface area (TPSA) is 76.0 Å². The highest BCUT2D eigenvalue weighted by Gasteiger charge is 2.40. The van der Waals surface area contributed by atoms with Gasteiger partial charge in [0, 0.05) is 12.6 Å². The molecule has 0 saturated heterocycles. The van der Waals surface area contributed by atoms with E-state index in [4.69, 9.17) is 0 Å². The first-order chi connectivity index (χ1) is 12.7. The Morgan fingerprint density at radius 1 is 0.963 bits per heavy atom. The monoisotopic (exact) mass is 396 g/mol. The van der Waals surface area contributed by atoms with Gasteiger partial charge in [-0.1, -0.05) is 48.5 Å². The minimum absolute atomic E-state index is 0.0510. The number of hydrogen-bond donors (Lipinski definition) is 2. The minimum Gasteiger partial charge on any atom is -0.384 e. The number of halogens is 3. The normalized spacial score (nSPS) is 12.0. The zero-order chi connectivity index (χ0) is 19.7. The van der Waals surface area contributed by atoms with Crippen molar-refractivity contribution in [1.82, 2.24) is 9.89 Å². The van der Waals surface area contributed by atoms with Crippen LogP contribution >= 0.6 is 0 Å². The minimum atomic E-state index is -4.77. The van der Waals surface area contributed by atoms with Gasteiger partial charge in [-0.05, 0) is 12.1 Å². The summed E-state index contributed by atoms with van der Waals surface area (Å²) in [5, 5.41) is 5.96. The van der Waals surface area contributed by atoms with E-state index in [-0.39, 0.29) is 16.3 Å². The van der Waals surface area contributed by atoms with E-state index in [0.717, 1.165) is 0 Å². The molecule has 0 atom stereocenters. The quantitative estimate of drug-likeness (QED) is 0.692. The van der Waals surface area contributed by atoms with E-state index >= 15 is 0 Å². The third-order valence-corrected chi connectivity index (χ3v) is 5.02. The highest BCUT2D eigenvalue weighted by atomic mass is 32.2. The van der Waals surface area contributed by atoms with Crippen LogP contribution in [0.15, 0.2) is 65.6 Å². The Kier molecular flexibility index (Phi) is 4.83. The van der Waals surface area contributed by atoms with Crippen molar-refractivity contribution in [1.29, 1.82) is 0 Å². The van der Waals surface area contributed by atoms with Crippen LogP contribution in [-0.2, 0) is 16.2 Å². The molecule has 0 bridgehead atoms. The van der Waals surface area contributed by atoms with Gasteiger partial charge < -0.3 is 5.32 Å². The van der Waals surface area contributed by atoms with Crippen LogP contribution < -0.4 is 10.1 Å². The van der Waals surface area contributed by atoms with Crippen LogP contribution in [0.1, 0.15) is 5.69 Å². The molecule has 10 heteroatoms. The lowest BCUT2D eigenvalue weighted by Gasteiger charge is -2.12. The summed E-state index contributed by atoms with van der Waals surface area (Å²) in [6.45, 7) is 0. The summed E-state index contributed by atoms with van der Waals surface area (Å²) in [5.41, 5.74) is -1.24. The first-order valence-electron chi connectivity index (χ1n) is 7.75. The van der Waals surface area contributed by atoms with Gasteiger partial charge in [-0.25, -0.2) is 0 Å². The summed E-state index contributed by atoms with van der Waals surface area (Å²) >= 11 is 0. The van der Waals surface area contributed by atoms with Crippen molar-refractivity contribution in [2.45, 2.75) is 11.1 Å². The predicted molar refractivity (Wildman–Crippen MR) is 95.2 cm³/mol. The molecule has 3 rings (SSSR count). The van der Waals surface area contributed by atoms with Crippen LogP contribution in [0.3, 0.4) is 0 Å². The van der Waals surface area contributed by atoms with E-state index in [9.17, 15) is 21.6 Å². The molecule has 0 aliphatic heterocycles. The standard InChI is InChI=1S/C17H15F3N4O2S/c1-21-14-15(12-8-4-2-5-9-12)24(22-16(14)17(18,19)20)23-27(25,26)13-10-6-3-7-11-13/h2-11,21,23H,1H3. The number of anilines is 1. The van der Waals surface area contributed by atoms with Gasteiger partial charge >= 0.3 is 6.18 Å². The highest BCUT2D eigenvalue weighted by Crippen LogP contribution is 2.39. The smallest absolute Gasteiger partial charge is 0.384 e. The van der Waals surface area contributed by atoms with Crippen LogP contribution in [0.2, 0.25) is 0 Å². The van der Waals surface area contributed by atoms with Gasteiger partial charge in [0.1, 0.15) is 5.69 Å². The van der Waals surface area contributed by atoms with Gasteiger partial charge in [-0.2, -0.15) is 31.2 Å². The summed E-state index contributed by atoms with van der Waals surface area (Å²) < 4.78 is 65.4. The van der Waals surface area contributed by atoms with Crippen LogP contribution in [-0.4, -0.2) is 25.4 Å². The van der Waals surface area contributed by atoms with Gasteiger partial charge in [-0.15, -0.1) is 5.10 Å². The van der Waals surface area contributed by atoms with Gasteiger partial charge in [0.15, 0.2) is 5.69 Å². The second-order valence-corrected chi connectivity index (χ2v) is 7.17. The molecule has 3 aromatic rings. The summed E-state index contributed by atoms with van der Waals surface area (Å²) in [6.07, 6.45) is -4.77. The molecule has 2 N–H and O–H groups in total. The molecule has 0 unspecified atom stereocenters. The average molecular weight is 396 g/mol. The lowest BCUT2D eigenvalue weighted by molar-refractivity contribution is -0.140. The van der Waals surface area contributed by atoms with Crippen molar-refractivity contribution in [3.8, 4) is 11.3 Å². The molecule has 27 heavy (non-hydrogen) atoms. The maximum atomic E-state index is 13.4. The van der Waals surface area contributed by atoms with Gasteiger partial charge in [0.25, 0.3) is 10.0 Å². The molecule has 0 amide bonds. The molecule has 0 fully saturated rings. The molecule has 142 valence electrons. The Morgan fingerprint density at radius 2 is 1.52 bits per heavy atom. The summed E-state index contributed by atoms with van der Waals surface area (Å²) in [7, 11) is -2.83. The van der Waals surface area contributed by atoms with Crippen molar-refractivity contribution in [3.63, 3.8) is 0 Å². The fourth-order valence-electron chi connectivity index (χ4n) is 2.55.